The summed E-state index contributed by atoms with van der Waals surface area (Å²) in [5.41, 5.74) is 1.37. The van der Waals surface area contributed by atoms with Crippen LogP contribution in [0.15, 0.2) is 24.3 Å². The van der Waals surface area contributed by atoms with E-state index in [1.807, 2.05) is 23.1 Å². The standard InChI is InChI=1S/C22H33N3O2S/c1-2-3-4-5-8-14-20(26)24-22(28)23-19-13-11-12-18(17-19)21(27)25-15-9-6-7-10-16-25/h11-13,17H,2-10,14-16H2,1H3,(H2,23,24,26,28). The summed E-state index contributed by atoms with van der Waals surface area (Å²) in [7, 11) is 0. The predicted molar refractivity (Wildman–Crippen MR) is 119 cm³/mol. The first-order chi connectivity index (χ1) is 13.6. The summed E-state index contributed by atoms with van der Waals surface area (Å²) in [5.74, 6) is -0.00150. The number of rotatable bonds is 8. The van der Waals surface area contributed by atoms with E-state index in [2.05, 4.69) is 17.6 Å². The number of thiocarbonyl (C=S) groups is 1. The Balaban J connectivity index is 1.81. The molecule has 1 fully saturated rings. The molecule has 0 saturated carbocycles. The number of carbonyl (C=O) groups is 2. The molecule has 5 nitrogen and oxygen atoms in total. The molecule has 0 radical (unpaired) electrons. The van der Waals surface area contributed by atoms with E-state index in [1.165, 1.54) is 32.1 Å². The molecule has 1 aliphatic heterocycles. The van der Waals surface area contributed by atoms with Crippen molar-refractivity contribution < 1.29 is 9.59 Å². The third-order valence-electron chi connectivity index (χ3n) is 5.02. The molecule has 2 rings (SSSR count). The van der Waals surface area contributed by atoms with Crippen LogP contribution in [0.3, 0.4) is 0 Å². The van der Waals surface area contributed by atoms with Crippen molar-refractivity contribution in [2.24, 2.45) is 0 Å². The van der Waals surface area contributed by atoms with Crippen LogP contribution in [0.1, 0.15) is 81.5 Å². The highest BCUT2D eigenvalue weighted by Gasteiger charge is 2.17. The van der Waals surface area contributed by atoms with Gasteiger partial charge in [-0.1, -0.05) is 51.5 Å². The minimum atomic E-state index is -0.0641. The summed E-state index contributed by atoms with van der Waals surface area (Å²) in [6.45, 7) is 3.82. The van der Waals surface area contributed by atoms with Crippen molar-refractivity contribution in [3.8, 4) is 0 Å². The first-order valence-corrected chi connectivity index (χ1v) is 11.0. The van der Waals surface area contributed by atoms with Crippen molar-refractivity contribution in [2.75, 3.05) is 18.4 Å². The average Bonchev–Trinajstić information content (AvgIpc) is 2.97. The van der Waals surface area contributed by atoms with Crippen molar-refractivity contribution >= 4 is 34.8 Å². The molecule has 1 aliphatic rings. The predicted octanol–water partition coefficient (Wildman–Crippen LogP) is 4.88. The molecule has 0 unspecified atom stereocenters. The molecule has 1 heterocycles. The van der Waals surface area contributed by atoms with Crippen LogP contribution in [0.4, 0.5) is 5.69 Å². The zero-order valence-electron chi connectivity index (χ0n) is 17.0. The Morgan fingerprint density at radius 2 is 1.75 bits per heavy atom. The molecule has 1 aromatic rings. The van der Waals surface area contributed by atoms with Gasteiger partial charge >= 0.3 is 0 Å². The molecule has 0 atom stereocenters. The molecule has 154 valence electrons. The Bertz CT molecular complexity index is 655. The Morgan fingerprint density at radius 3 is 2.46 bits per heavy atom. The van der Waals surface area contributed by atoms with E-state index >= 15 is 0 Å². The highest BCUT2D eigenvalue weighted by molar-refractivity contribution is 7.80. The third-order valence-corrected chi connectivity index (χ3v) is 5.23. The van der Waals surface area contributed by atoms with Gasteiger partial charge in [0.2, 0.25) is 5.91 Å². The maximum atomic E-state index is 12.8. The molecule has 0 aliphatic carbocycles. The van der Waals surface area contributed by atoms with E-state index in [0.29, 0.717) is 17.7 Å². The summed E-state index contributed by atoms with van der Waals surface area (Å²) in [6.07, 6.45) is 10.5. The number of hydrogen-bond acceptors (Lipinski definition) is 3. The summed E-state index contributed by atoms with van der Waals surface area (Å²) in [6, 6.07) is 7.32. The monoisotopic (exact) mass is 403 g/mol. The number of unbranched alkanes of at least 4 members (excludes halogenated alkanes) is 4. The van der Waals surface area contributed by atoms with Crippen molar-refractivity contribution in [2.45, 2.75) is 71.1 Å². The number of benzene rings is 1. The van der Waals surface area contributed by atoms with Gasteiger partial charge in [-0.25, -0.2) is 0 Å². The lowest BCUT2D eigenvalue weighted by molar-refractivity contribution is -0.119. The van der Waals surface area contributed by atoms with Crippen LogP contribution in [0.5, 0.6) is 0 Å². The fraction of sp³-hybridized carbons (Fsp3) is 0.591. The largest absolute Gasteiger partial charge is 0.339 e. The minimum absolute atomic E-state index is 0.0626. The Kier molecular flexibility index (Phi) is 9.97. The van der Waals surface area contributed by atoms with Gasteiger partial charge in [-0.05, 0) is 49.7 Å². The second-order valence-electron chi connectivity index (χ2n) is 7.45. The molecular formula is C22H33N3O2S. The van der Waals surface area contributed by atoms with Crippen molar-refractivity contribution in [1.29, 1.82) is 0 Å². The molecule has 28 heavy (non-hydrogen) atoms. The minimum Gasteiger partial charge on any atom is -0.339 e. The average molecular weight is 404 g/mol. The van der Waals surface area contributed by atoms with Gasteiger partial charge in [-0.2, -0.15) is 0 Å². The number of hydrogen-bond donors (Lipinski definition) is 2. The SMILES string of the molecule is CCCCCCCC(=O)NC(=S)Nc1cccc(C(=O)N2CCCCCC2)c1. The second-order valence-corrected chi connectivity index (χ2v) is 7.86. The lowest BCUT2D eigenvalue weighted by atomic mass is 10.1. The number of likely N-dealkylation sites (tertiary alicyclic amines) is 1. The van der Waals surface area contributed by atoms with Gasteiger partial charge in [-0.3, -0.25) is 9.59 Å². The molecule has 6 heteroatoms. The van der Waals surface area contributed by atoms with Crippen molar-refractivity contribution in [3.05, 3.63) is 29.8 Å². The summed E-state index contributed by atoms with van der Waals surface area (Å²) in [4.78, 5) is 26.7. The maximum Gasteiger partial charge on any atom is 0.253 e. The van der Waals surface area contributed by atoms with Gasteiger partial charge in [-0.15, -0.1) is 0 Å². The Labute approximate surface area is 174 Å². The topological polar surface area (TPSA) is 61.4 Å². The highest BCUT2D eigenvalue weighted by Crippen LogP contribution is 2.16. The molecule has 2 N–H and O–H groups in total. The summed E-state index contributed by atoms with van der Waals surface area (Å²) >= 11 is 5.25. The van der Waals surface area contributed by atoms with Gasteiger partial charge < -0.3 is 15.5 Å². The van der Waals surface area contributed by atoms with E-state index in [9.17, 15) is 9.59 Å². The van der Waals surface area contributed by atoms with Gasteiger partial charge in [0.1, 0.15) is 0 Å². The summed E-state index contributed by atoms with van der Waals surface area (Å²) in [5, 5.41) is 6.02. The van der Waals surface area contributed by atoms with Crippen LogP contribution >= 0.6 is 12.2 Å². The van der Waals surface area contributed by atoms with Gasteiger partial charge in [0.05, 0.1) is 0 Å². The van der Waals surface area contributed by atoms with Gasteiger partial charge in [0.25, 0.3) is 5.91 Å². The quantitative estimate of drug-likeness (QED) is 0.480. The van der Waals surface area contributed by atoms with E-state index in [4.69, 9.17) is 12.2 Å². The molecule has 1 saturated heterocycles. The zero-order valence-corrected chi connectivity index (χ0v) is 17.8. The van der Waals surface area contributed by atoms with Crippen LogP contribution < -0.4 is 10.6 Å². The van der Waals surface area contributed by atoms with Crippen molar-refractivity contribution in [1.82, 2.24) is 10.2 Å². The molecular weight excluding hydrogens is 370 g/mol. The fourth-order valence-electron chi connectivity index (χ4n) is 3.43. The molecule has 1 aromatic carbocycles. The normalized spacial score (nSPS) is 14.2. The number of amides is 2. The maximum absolute atomic E-state index is 12.8. The molecule has 0 bridgehead atoms. The third kappa shape index (κ3) is 7.97. The van der Waals surface area contributed by atoms with E-state index < -0.39 is 0 Å². The van der Waals surface area contributed by atoms with Crippen LogP contribution in [-0.4, -0.2) is 34.9 Å². The van der Waals surface area contributed by atoms with Crippen molar-refractivity contribution in [3.63, 3.8) is 0 Å². The molecule has 0 aromatic heterocycles. The Morgan fingerprint density at radius 1 is 1.04 bits per heavy atom. The number of nitrogens with zero attached hydrogens (tertiary/aromatic N) is 1. The van der Waals surface area contributed by atoms with Crippen LogP contribution in [0.25, 0.3) is 0 Å². The number of carbonyl (C=O) groups excluding carboxylic acids is 2. The van der Waals surface area contributed by atoms with Crippen LogP contribution in [0.2, 0.25) is 0 Å². The van der Waals surface area contributed by atoms with E-state index in [-0.39, 0.29) is 16.9 Å². The smallest absolute Gasteiger partial charge is 0.253 e. The fourth-order valence-corrected chi connectivity index (χ4v) is 3.66. The number of nitrogens with one attached hydrogen (secondary N) is 2. The number of anilines is 1. The summed E-state index contributed by atoms with van der Waals surface area (Å²) < 4.78 is 0. The van der Waals surface area contributed by atoms with Crippen LogP contribution in [0, 0.1) is 0 Å². The first-order valence-electron chi connectivity index (χ1n) is 10.6. The van der Waals surface area contributed by atoms with E-state index in [1.54, 1.807) is 6.07 Å². The Hall–Kier alpha value is -1.95. The zero-order chi connectivity index (χ0) is 20.2. The van der Waals surface area contributed by atoms with Crippen LogP contribution in [-0.2, 0) is 4.79 Å². The van der Waals surface area contributed by atoms with Gasteiger partial charge in [0.15, 0.2) is 5.11 Å². The van der Waals surface area contributed by atoms with Gasteiger partial charge in [0, 0.05) is 30.8 Å². The first kappa shape index (κ1) is 22.3. The second kappa shape index (κ2) is 12.5. The molecule has 0 spiro atoms. The lowest BCUT2D eigenvalue weighted by Crippen LogP contribution is -2.34. The molecule has 2 amide bonds. The lowest BCUT2D eigenvalue weighted by Gasteiger charge is -2.20. The van der Waals surface area contributed by atoms with E-state index in [0.717, 1.165) is 38.8 Å². The highest BCUT2D eigenvalue weighted by atomic mass is 32.1.